The third-order valence-corrected chi connectivity index (χ3v) is 12.4. The number of hydroxylamine groups is 2. The topological polar surface area (TPSA) is 188 Å². The number of piperidine rings is 1. The molecule has 15 heteroatoms. The Hall–Kier alpha value is -4.52. The van der Waals surface area contributed by atoms with Crippen molar-refractivity contribution in [2.24, 2.45) is 17.3 Å². The Morgan fingerprint density at radius 2 is 1.76 bits per heavy atom. The summed E-state index contributed by atoms with van der Waals surface area (Å²) in [6.07, 6.45) is 9.06. The first-order chi connectivity index (χ1) is 27.7. The number of nitrogens with zero attached hydrogens (tertiary/aromatic N) is 3. The molecule has 2 aromatic rings. The van der Waals surface area contributed by atoms with Gasteiger partial charge in [-0.3, -0.25) is 33.7 Å². The largest absolute Gasteiger partial charge is 0.508 e. The molecule has 326 valence electrons. The van der Waals surface area contributed by atoms with Crippen LogP contribution in [0, 0.1) is 29.6 Å². The number of phenols is 1. The molecular weight excluding hydrogens is 775 g/mol. The summed E-state index contributed by atoms with van der Waals surface area (Å²) in [4.78, 5) is 80.1. The molecule has 6 atom stereocenters. The van der Waals surface area contributed by atoms with E-state index in [1.807, 2.05) is 46.6 Å². The van der Waals surface area contributed by atoms with Crippen LogP contribution >= 0.6 is 11.3 Å². The van der Waals surface area contributed by atoms with Gasteiger partial charge in [0.05, 0.1) is 23.6 Å². The van der Waals surface area contributed by atoms with E-state index >= 15 is 0 Å². The van der Waals surface area contributed by atoms with E-state index < -0.39 is 52.9 Å². The number of thiazole rings is 1. The number of esters is 1. The van der Waals surface area contributed by atoms with Gasteiger partial charge in [-0.2, -0.15) is 0 Å². The van der Waals surface area contributed by atoms with Gasteiger partial charge in [-0.05, 0) is 96.0 Å². The summed E-state index contributed by atoms with van der Waals surface area (Å²) in [5.41, 5.74) is -1.48. The number of benzene rings is 1. The summed E-state index contributed by atoms with van der Waals surface area (Å²) in [6, 6.07) is 4.58. The average Bonchev–Trinajstić information content (AvgIpc) is 3.67. The van der Waals surface area contributed by atoms with Gasteiger partial charge in [0.1, 0.15) is 22.5 Å². The minimum atomic E-state index is -1.17. The molecule has 3 rings (SSSR count). The zero-order valence-electron chi connectivity index (χ0n) is 36.2. The van der Waals surface area contributed by atoms with E-state index in [1.165, 1.54) is 24.1 Å². The maximum Gasteiger partial charge on any atom is 0.309 e. The van der Waals surface area contributed by atoms with Crippen LogP contribution in [0.1, 0.15) is 134 Å². The molecule has 1 aliphatic rings. The van der Waals surface area contributed by atoms with Crippen molar-refractivity contribution in [3.63, 3.8) is 0 Å². The smallest absolute Gasteiger partial charge is 0.309 e. The molecule has 2 heterocycles. The number of carboxylic acid groups (broad SMARTS) is 1. The van der Waals surface area contributed by atoms with Crippen LogP contribution < -0.4 is 10.6 Å². The Morgan fingerprint density at radius 1 is 1.08 bits per heavy atom. The zero-order chi connectivity index (χ0) is 44.1. The number of aliphatic carboxylic acids is 1. The van der Waals surface area contributed by atoms with Gasteiger partial charge in [0.2, 0.25) is 5.91 Å². The summed E-state index contributed by atoms with van der Waals surface area (Å²) in [5, 5.41) is 28.9. The van der Waals surface area contributed by atoms with Crippen molar-refractivity contribution in [1.82, 2.24) is 25.6 Å². The number of phenolic OH excluding ortho intramolecular Hbond substituents is 1. The van der Waals surface area contributed by atoms with Crippen molar-refractivity contribution in [1.29, 1.82) is 0 Å². The number of carboxylic acids is 1. The summed E-state index contributed by atoms with van der Waals surface area (Å²) in [7, 11) is 1.92. The number of likely N-dealkylation sites (N-methyl/N-ethyl adjacent to an activating group) is 1. The van der Waals surface area contributed by atoms with Crippen LogP contribution in [0.15, 0.2) is 29.6 Å². The van der Waals surface area contributed by atoms with Crippen LogP contribution in [0.25, 0.3) is 0 Å². The van der Waals surface area contributed by atoms with Crippen molar-refractivity contribution in [2.45, 2.75) is 143 Å². The molecule has 4 N–H and O–H groups in total. The molecule has 0 spiro atoms. The van der Waals surface area contributed by atoms with Gasteiger partial charge in [-0.25, -0.2) is 10.0 Å². The van der Waals surface area contributed by atoms with E-state index in [9.17, 15) is 34.2 Å². The molecule has 0 radical (unpaired) electrons. The lowest BCUT2D eigenvalue weighted by Crippen LogP contribution is -2.62. The Balaban J connectivity index is 1.99. The molecule has 1 saturated heterocycles. The van der Waals surface area contributed by atoms with Crippen molar-refractivity contribution >= 4 is 41.0 Å². The number of ether oxygens (including phenoxy) is 1. The van der Waals surface area contributed by atoms with Crippen LogP contribution in [-0.2, 0) is 35.2 Å². The van der Waals surface area contributed by atoms with Gasteiger partial charge in [0.25, 0.3) is 11.8 Å². The van der Waals surface area contributed by atoms with Crippen molar-refractivity contribution in [3.05, 3.63) is 45.9 Å². The number of rotatable bonds is 22. The second kappa shape index (κ2) is 22.2. The van der Waals surface area contributed by atoms with Crippen LogP contribution in [0.2, 0.25) is 0 Å². The lowest BCUT2D eigenvalue weighted by atomic mass is 9.81. The van der Waals surface area contributed by atoms with E-state index in [1.54, 1.807) is 31.4 Å². The normalized spacial score (nSPS) is 17.7. The maximum atomic E-state index is 14.9. The Kier molecular flexibility index (Phi) is 18.4. The average molecular weight is 840 g/mol. The molecule has 0 saturated carbocycles. The van der Waals surface area contributed by atoms with Crippen LogP contribution in [-0.4, -0.2) is 98.7 Å². The van der Waals surface area contributed by atoms with E-state index in [0.29, 0.717) is 37.1 Å². The Labute approximate surface area is 353 Å². The summed E-state index contributed by atoms with van der Waals surface area (Å²) >= 11 is 1.12. The quantitative estimate of drug-likeness (QED) is 0.0452. The number of carbonyl (C=O) groups excluding carboxylic acids is 4. The van der Waals surface area contributed by atoms with E-state index in [0.717, 1.165) is 36.3 Å². The molecule has 59 heavy (non-hydrogen) atoms. The summed E-state index contributed by atoms with van der Waals surface area (Å²) in [5.74, 6) is -0.663. The standard InChI is InChI=1S/C44H65N5O9S/c1-11-13-16-23-57-49(41(54)37(29(5)12-2)47-39(53)35-17-14-15-22-48(35)10)44(9,28(3)4)26-36(58-30(6)50)40-46-34(27-59-40)38(52)45-32(25-43(7,8)42(55)56)24-31-18-20-33(51)21-19-31/h1,18-21,27-29,32,35-37,51H,12-17,22-26H2,2-10H3,(H,45,52)(H,47,53)(H,55,56)/t29-,32-,35+,36+,37-,44?/m0/s1. The van der Waals surface area contributed by atoms with E-state index in [-0.39, 0.29) is 54.7 Å². The molecule has 1 aromatic heterocycles. The third-order valence-electron chi connectivity index (χ3n) is 11.5. The number of aromatic nitrogens is 1. The highest BCUT2D eigenvalue weighted by Gasteiger charge is 2.47. The number of carbonyl (C=O) groups is 5. The first-order valence-electron chi connectivity index (χ1n) is 20.6. The first-order valence-corrected chi connectivity index (χ1v) is 21.5. The van der Waals surface area contributed by atoms with E-state index in [2.05, 4.69) is 21.5 Å². The fourth-order valence-corrected chi connectivity index (χ4v) is 7.99. The molecule has 1 fully saturated rings. The summed E-state index contributed by atoms with van der Waals surface area (Å²) in [6.45, 7) is 14.9. The molecule has 14 nitrogen and oxygen atoms in total. The highest BCUT2D eigenvalue weighted by molar-refractivity contribution is 7.09. The summed E-state index contributed by atoms with van der Waals surface area (Å²) < 4.78 is 5.89. The molecule has 0 aliphatic carbocycles. The number of terminal acetylenes is 1. The Morgan fingerprint density at radius 3 is 2.34 bits per heavy atom. The molecule has 0 bridgehead atoms. The maximum absolute atomic E-state index is 14.9. The van der Waals surface area contributed by atoms with Crippen molar-refractivity contribution < 1.29 is 43.8 Å². The fourth-order valence-electron chi connectivity index (χ4n) is 7.16. The Bertz CT molecular complexity index is 1770. The van der Waals surface area contributed by atoms with Gasteiger partial charge in [0.15, 0.2) is 6.10 Å². The lowest BCUT2D eigenvalue weighted by Gasteiger charge is -2.46. The fraction of sp³-hybridized carbons (Fsp3) is 0.636. The molecule has 3 amide bonds. The molecule has 1 unspecified atom stereocenters. The minimum Gasteiger partial charge on any atom is -0.508 e. The van der Waals surface area contributed by atoms with Crippen molar-refractivity contribution in [3.8, 4) is 18.1 Å². The molecule has 1 aromatic carbocycles. The SMILES string of the molecule is C#CCCCON(C(=O)[C@@H](NC(=O)[C@H]1CCCCN1C)[C@@H](C)CC)C(C)(C[C@@H](OC(C)=O)c1nc(C(=O)N[C@@H](Cc2ccc(O)cc2)CC(C)(C)C(=O)O)cs1)C(C)C. The van der Waals surface area contributed by atoms with Gasteiger partial charge < -0.3 is 25.6 Å². The van der Waals surface area contributed by atoms with Gasteiger partial charge >= 0.3 is 11.9 Å². The second-order valence-electron chi connectivity index (χ2n) is 17.0. The first kappa shape index (κ1) is 48.8. The van der Waals surface area contributed by atoms with E-state index in [4.69, 9.17) is 16.0 Å². The van der Waals surface area contributed by atoms with Crippen LogP contribution in [0.5, 0.6) is 5.75 Å². The monoisotopic (exact) mass is 839 g/mol. The van der Waals surface area contributed by atoms with Crippen LogP contribution in [0.4, 0.5) is 0 Å². The number of unbranched alkanes of at least 4 members (excludes halogenated alkanes) is 1. The predicted molar refractivity (Wildman–Crippen MR) is 226 cm³/mol. The van der Waals surface area contributed by atoms with Gasteiger partial charge in [-0.15, -0.1) is 23.7 Å². The number of hydrogen-bond acceptors (Lipinski definition) is 11. The third kappa shape index (κ3) is 13.8. The highest BCUT2D eigenvalue weighted by atomic mass is 32.1. The number of aromatic hydroxyl groups is 1. The molecular formula is C44H65N5O9S. The minimum absolute atomic E-state index is 0.0303. The number of hydrogen-bond donors (Lipinski definition) is 4. The van der Waals surface area contributed by atoms with Gasteiger partial charge in [0, 0.05) is 31.2 Å². The number of nitrogens with one attached hydrogen (secondary N) is 2. The van der Waals surface area contributed by atoms with Crippen LogP contribution in [0.3, 0.4) is 0 Å². The van der Waals surface area contributed by atoms with Crippen molar-refractivity contribution in [2.75, 3.05) is 20.2 Å². The molecule has 1 aliphatic heterocycles. The highest BCUT2D eigenvalue weighted by Crippen LogP contribution is 2.39. The number of likely N-dealkylation sites (tertiary alicyclic amines) is 1. The van der Waals surface area contributed by atoms with Gasteiger partial charge in [-0.1, -0.05) is 52.7 Å². The lowest BCUT2D eigenvalue weighted by molar-refractivity contribution is -0.237. The zero-order valence-corrected chi connectivity index (χ0v) is 37.0. The second-order valence-corrected chi connectivity index (χ2v) is 17.8. The predicted octanol–water partition coefficient (Wildman–Crippen LogP) is 6.29. The number of amides is 3.